The van der Waals surface area contributed by atoms with E-state index in [2.05, 4.69) is 10.2 Å². The van der Waals surface area contributed by atoms with Crippen molar-refractivity contribution in [2.24, 2.45) is 0 Å². The smallest absolute Gasteiger partial charge is 0.326 e. The average molecular weight is 595 g/mol. The Morgan fingerprint density at radius 3 is 2.43 bits per heavy atom. The van der Waals surface area contributed by atoms with Crippen LogP contribution in [0.25, 0.3) is 11.1 Å². The summed E-state index contributed by atoms with van der Waals surface area (Å²) in [5.74, 6) is -1.39. The number of carbonyl (C=O) groups excluding carboxylic acids is 1. The highest BCUT2D eigenvalue weighted by Crippen LogP contribution is 2.30. The van der Waals surface area contributed by atoms with Crippen LogP contribution in [0, 0.1) is 6.92 Å². The topological polar surface area (TPSA) is 122 Å². The maximum atomic E-state index is 13.4. The van der Waals surface area contributed by atoms with E-state index >= 15 is 0 Å². The first kappa shape index (κ1) is 31.2. The highest BCUT2D eigenvalue weighted by atomic mass is 32.2. The predicted molar refractivity (Wildman–Crippen MR) is 161 cm³/mol. The van der Waals surface area contributed by atoms with Gasteiger partial charge in [-0.25, -0.2) is 13.2 Å². The molecule has 10 heteroatoms. The molecule has 2 N–H and O–H groups in total. The number of carbonyl (C=O) groups is 2. The van der Waals surface area contributed by atoms with E-state index in [0.717, 1.165) is 41.7 Å². The number of likely N-dealkylation sites (tertiary alicyclic amines) is 1. The van der Waals surface area contributed by atoms with E-state index in [-0.39, 0.29) is 24.3 Å². The Morgan fingerprint density at radius 1 is 1.05 bits per heavy atom. The molecule has 1 saturated heterocycles. The molecule has 42 heavy (non-hydrogen) atoms. The summed E-state index contributed by atoms with van der Waals surface area (Å²) in [6, 6.07) is 21.7. The van der Waals surface area contributed by atoms with Gasteiger partial charge in [-0.3, -0.25) is 9.69 Å². The number of carboxylic acid groups (broad SMARTS) is 1. The number of aliphatic carboxylic acids is 1. The monoisotopic (exact) mass is 594 g/mol. The number of ether oxygens (including phenoxy) is 2. The number of hydrogen-bond donors (Lipinski definition) is 2. The van der Waals surface area contributed by atoms with Crippen molar-refractivity contribution in [1.82, 2.24) is 10.2 Å². The third-order valence-electron chi connectivity index (χ3n) is 7.54. The van der Waals surface area contributed by atoms with Crippen LogP contribution in [0.1, 0.15) is 34.3 Å². The molecule has 3 atom stereocenters. The Bertz CT molecular complexity index is 1490. The predicted octanol–water partition coefficient (Wildman–Crippen LogP) is 3.95. The minimum Gasteiger partial charge on any atom is -0.492 e. The van der Waals surface area contributed by atoms with Crippen LogP contribution < -0.4 is 10.1 Å². The van der Waals surface area contributed by atoms with Crippen LogP contribution in [-0.4, -0.2) is 80.8 Å². The van der Waals surface area contributed by atoms with Crippen molar-refractivity contribution >= 4 is 21.7 Å². The molecular formula is C32H38N2O7S. The lowest BCUT2D eigenvalue weighted by Gasteiger charge is -2.25. The lowest BCUT2D eigenvalue weighted by atomic mass is 9.93. The molecule has 1 aliphatic rings. The highest BCUT2D eigenvalue weighted by molar-refractivity contribution is 7.90. The fourth-order valence-corrected chi connectivity index (χ4v) is 5.89. The Balaban J connectivity index is 1.59. The summed E-state index contributed by atoms with van der Waals surface area (Å²) in [4.78, 5) is 27.6. The number of nitrogens with one attached hydrogen (secondary N) is 1. The van der Waals surface area contributed by atoms with Crippen LogP contribution >= 0.6 is 0 Å². The number of carboxylic acids is 1. The summed E-state index contributed by atoms with van der Waals surface area (Å²) < 4.78 is 35.0. The quantitative estimate of drug-likeness (QED) is 0.305. The minimum atomic E-state index is -3.39. The van der Waals surface area contributed by atoms with Crippen LogP contribution in [0.15, 0.2) is 72.8 Å². The van der Waals surface area contributed by atoms with Gasteiger partial charge in [0.1, 0.15) is 28.2 Å². The Kier molecular flexibility index (Phi) is 10.4. The van der Waals surface area contributed by atoms with Crippen LogP contribution in [0.3, 0.4) is 0 Å². The van der Waals surface area contributed by atoms with Gasteiger partial charge in [-0.15, -0.1) is 0 Å². The van der Waals surface area contributed by atoms with Crippen LogP contribution in [0.5, 0.6) is 5.75 Å². The van der Waals surface area contributed by atoms with E-state index in [1.807, 2.05) is 73.7 Å². The van der Waals surface area contributed by atoms with Crippen LogP contribution in [0.2, 0.25) is 0 Å². The van der Waals surface area contributed by atoms with E-state index in [1.165, 1.54) is 0 Å². The lowest BCUT2D eigenvalue weighted by molar-refractivity contribution is -0.139. The first-order valence-electron chi connectivity index (χ1n) is 13.9. The fraction of sp³-hybridized carbons (Fsp3) is 0.375. The fourth-order valence-electron chi connectivity index (χ4n) is 5.23. The van der Waals surface area contributed by atoms with Gasteiger partial charge < -0.3 is 19.9 Å². The zero-order chi connectivity index (χ0) is 30.3. The van der Waals surface area contributed by atoms with Crippen molar-refractivity contribution in [3.8, 4) is 16.9 Å². The molecule has 3 aromatic rings. The molecule has 0 aliphatic carbocycles. The lowest BCUT2D eigenvalue weighted by Crippen LogP contribution is -2.42. The first-order valence-corrected chi connectivity index (χ1v) is 15.9. The summed E-state index contributed by atoms with van der Waals surface area (Å²) in [5.41, 5.74) is 3.80. The second-order valence-electron chi connectivity index (χ2n) is 10.8. The van der Waals surface area contributed by atoms with E-state index in [4.69, 9.17) is 9.47 Å². The molecule has 0 aromatic heterocycles. The van der Waals surface area contributed by atoms with Crippen molar-refractivity contribution in [3.05, 3.63) is 89.5 Å². The van der Waals surface area contributed by atoms with Gasteiger partial charge in [0.05, 0.1) is 11.9 Å². The van der Waals surface area contributed by atoms with Crippen molar-refractivity contribution < 1.29 is 32.6 Å². The van der Waals surface area contributed by atoms with Gasteiger partial charge in [0.2, 0.25) is 0 Å². The molecule has 4 rings (SSSR count). The van der Waals surface area contributed by atoms with Crippen molar-refractivity contribution in [3.63, 3.8) is 0 Å². The Labute approximate surface area is 247 Å². The van der Waals surface area contributed by atoms with E-state index in [0.29, 0.717) is 24.3 Å². The van der Waals surface area contributed by atoms with Gasteiger partial charge >= 0.3 is 5.97 Å². The average Bonchev–Trinajstić information content (AvgIpc) is 3.35. The zero-order valence-electron chi connectivity index (χ0n) is 24.2. The van der Waals surface area contributed by atoms with E-state index in [9.17, 15) is 23.1 Å². The second-order valence-corrected chi connectivity index (χ2v) is 13.0. The summed E-state index contributed by atoms with van der Waals surface area (Å²) in [6.45, 7) is 3.81. The van der Waals surface area contributed by atoms with Gasteiger partial charge in [-0.1, -0.05) is 48.5 Å². The number of benzene rings is 3. The number of methoxy groups -OCH3 is 1. The number of nitrogens with zero attached hydrogens (tertiary/aromatic N) is 1. The summed E-state index contributed by atoms with van der Waals surface area (Å²) in [6.07, 6.45) is 1.73. The normalized spacial score (nSPS) is 18.0. The number of rotatable bonds is 13. The SMILES string of the molecule is COC1C[C@@H](COc2ccccc2)N(Cc2ccc(C(=O)N[C@@H](CCS(C)(=O)=O)C(=O)O)c(-c3ccccc3C)c2)C1. The summed E-state index contributed by atoms with van der Waals surface area (Å²) in [5, 5.41) is 12.2. The molecule has 0 spiro atoms. The third kappa shape index (κ3) is 8.40. The molecule has 0 radical (unpaired) electrons. The molecule has 1 unspecified atom stereocenters. The molecule has 1 amide bonds. The third-order valence-corrected chi connectivity index (χ3v) is 8.52. The van der Waals surface area contributed by atoms with Gasteiger partial charge in [0.15, 0.2) is 0 Å². The molecule has 224 valence electrons. The molecule has 0 saturated carbocycles. The van der Waals surface area contributed by atoms with Gasteiger partial charge in [-0.2, -0.15) is 0 Å². The minimum absolute atomic E-state index is 0.0788. The van der Waals surface area contributed by atoms with Crippen molar-refractivity contribution in [2.45, 2.75) is 44.5 Å². The summed E-state index contributed by atoms with van der Waals surface area (Å²) in [7, 11) is -1.68. The number of aryl methyl sites for hydroxylation is 1. The standard InChI is InChI=1S/C32H38N2O7S/c1-22-9-7-8-12-27(22)29-17-23(13-14-28(29)31(35)33-30(32(36)37)15-16-42(3,38)39)19-34-20-26(40-2)18-24(34)21-41-25-10-5-4-6-11-25/h4-14,17,24,26,30H,15-16,18-21H2,1-3H3,(H,33,35)(H,36,37)/t24-,26?,30-/m0/s1. The highest BCUT2D eigenvalue weighted by Gasteiger charge is 2.33. The Hall–Kier alpha value is -3.73. The molecule has 1 aliphatic heterocycles. The molecule has 1 fully saturated rings. The number of amides is 1. The molecular weight excluding hydrogens is 556 g/mol. The largest absolute Gasteiger partial charge is 0.492 e. The maximum Gasteiger partial charge on any atom is 0.326 e. The van der Waals surface area contributed by atoms with Crippen LogP contribution in [-0.2, 0) is 25.9 Å². The zero-order valence-corrected chi connectivity index (χ0v) is 25.0. The Morgan fingerprint density at radius 2 is 1.76 bits per heavy atom. The number of sulfone groups is 1. The van der Waals surface area contributed by atoms with Gasteiger partial charge in [0, 0.05) is 38.1 Å². The van der Waals surface area contributed by atoms with Crippen molar-refractivity contribution in [1.29, 1.82) is 0 Å². The number of para-hydroxylation sites is 1. The molecule has 0 bridgehead atoms. The molecule has 3 aromatic carbocycles. The molecule has 9 nitrogen and oxygen atoms in total. The van der Waals surface area contributed by atoms with Gasteiger partial charge in [0.25, 0.3) is 5.91 Å². The number of hydrogen-bond acceptors (Lipinski definition) is 7. The van der Waals surface area contributed by atoms with Gasteiger partial charge in [-0.05, 0) is 66.3 Å². The maximum absolute atomic E-state index is 13.4. The molecule has 1 heterocycles. The second kappa shape index (κ2) is 14.0. The van der Waals surface area contributed by atoms with Crippen molar-refractivity contribution in [2.75, 3.05) is 32.3 Å². The first-order chi connectivity index (χ1) is 20.0. The van der Waals surface area contributed by atoms with E-state index < -0.39 is 27.8 Å². The summed E-state index contributed by atoms with van der Waals surface area (Å²) >= 11 is 0. The van der Waals surface area contributed by atoms with Crippen LogP contribution in [0.4, 0.5) is 0 Å². The van der Waals surface area contributed by atoms with E-state index in [1.54, 1.807) is 13.2 Å².